The smallest absolute Gasteiger partial charge is 0.225 e. The highest BCUT2D eigenvalue weighted by atomic mass is 16.5. The number of ether oxygens (including phenoxy) is 1. The first-order valence-corrected chi connectivity index (χ1v) is 10.4. The van der Waals surface area contributed by atoms with Crippen molar-refractivity contribution in [1.29, 1.82) is 0 Å². The van der Waals surface area contributed by atoms with Crippen LogP contribution in [0.15, 0.2) is 42.7 Å². The molecule has 0 radical (unpaired) electrons. The number of rotatable bonds is 7. The number of aromatic nitrogens is 2. The summed E-state index contributed by atoms with van der Waals surface area (Å²) in [4.78, 5) is 15.3. The van der Waals surface area contributed by atoms with Crippen LogP contribution in [0.1, 0.15) is 17.5 Å². The van der Waals surface area contributed by atoms with E-state index in [4.69, 9.17) is 4.74 Å². The second-order valence-electron chi connectivity index (χ2n) is 8.33. The topological polar surface area (TPSA) is 65.0 Å². The lowest BCUT2D eigenvalue weighted by Gasteiger charge is -2.29. The summed E-state index contributed by atoms with van der Waals surface area (Å²) in [6.07, 6.45) is 4.22. The normalized spacial score (nSPS) is 23.1. The Morgan fingerprint density at radius 3 is 2.66 bits per heavy atom. The Balaban J connectivity index is 1.31. The zero-order valence-electron chi connectivity index (χ0n) is 17.2. The van der Waals surface area contributed by atoms with Crippen LogP contribution in [0.4, 0.5) is 5.95 Å². The van der Waals surface area contributed by atoms with Gasteiger partial charge in [-0.3, -0.25) is 9.80 Å². The molecule has 0 aliphatic carbocycles. The Labute approximate surface area is 172 Å². The van der Waals surface area contributed by atoms with Crippen molar-refractivity contribution < 1.29 is 9.84 Å². The first kappa shape index (κ1) is 20.2. The zero-order valence-corrected chi connectivity index (χ0v) is 17.2. The van der Waals surface area contributed by atoms with Gasteiger partial charge in [-0.1, -0.05) is 24.3 Å². The largest absolute Gasteiger partial charge is 0.387 e. The third kappa shape index (κ3) is 5.51. The Morgan fingerprint density at radius 1 is 1.10 bits per heavy atom. The lowest BCUT2D eigenvalue weighted by atomic mass is 10.0. The minimum atomic E-state index is -0.737. The summed E-state index contributed by atoms with van der Waals surface area (Å²) in [7, 11) is 2.08. The summed E-state index contributed by atoms with van der Waals surface area (Å²) in [5.74, 6) is 0.696. The number of aliphatic hydroxyl groups is 1. The van der Waals surface area contributed by atoms with Crippen LogP contribution in [-0.4, -0.2) is 83.5 Å². The highest BCUT2D eigenvalue weighted by Gasteiger charge is 2.37. The quantitative estimate of drug-likeness (QED) is 0.757. The Kier molecular flexibility index (Phi) is 6.40. The van der Waals surface area contributed by atoms with Gasteiger partial charge in [0.1, 0.15) is 0 Å². The van der Waals surface area contributed by atoms with Gasteiger partial charge in [-0.05, 0) is 30.7 Å². The van der Waals surface area contributed by atoms with Crippen LogP contribution < -0.4 is 4.90 Å². The van der Waals surface area contributed by atoms with Crippen molar-refractivity contribution in [3.63, 3.8) is 0 Å². The van der Waals surface area contributed by atoms with Crippen molar-refractivity contribution in [3.05, 3.63) is 53.9 Å². The molecule has 29 heavy (non-hydrogen) atoms. The van der Waals surface area contributed by atoms with Gasteiger partial charge in [0.25, 0.3) is 0 Å². The van der Waals surface area contributed by atoms with Crippen molar-refractivity contribution >= 4 is 5.95 Å². The lowest BCUT2D eigenvalue weighted by molar-refractivity contribution is 0.0278. The van der Waals surface area contributed by atoms with Gasteiger partial charge < -0.3 is 14.7 Å². The van der Waals surface area contributed by atoms with Gasteiger partial charge in [0.2, 0.25) is 5.95 Å². The molecule has 2 aromatic rings. The van der Waals surface area contributed by atoms with E-state index >= 15 is 0 Å². The number of likely N-dealkylation sites (N-methyl/N-ethyl adjacent to an activating group) is 1. The fourth-order valence-corrected chi connectivity index (χ4v) is 4.32. The molecule has 2 saturated heterocycles. The average Bonchev–Trinajstić information content (AvgIpc) is 3.11. The van der Waals surface area contributed by atoms with Crippen molar-refractivity contribution in [1.82, 2.24) is 19.8 Å². The molecule has 0 saturated carbocycles. The monoisotopic (exact) mass is 397 g/mol. The van der Waals surface area contributed by atoms with Gasteiger partial charge in [-0.15, -0.1) is 0 Å². The molecule has 7 heteroatoms. The van der Waals surface area contributed by atoms with Gasteiger partial charge in [-0.2, -0.15) is 0 Å². The molecule has 0 bridgehead atoms. The molecule has 0 amide bonds. The predicted octanol–water partition coefficient (Wildman–Crippen LogP) is 1.38. The molecule has 7 nitrogen and oxygen atoms in total. The van der Waals surface area contributed by atoms with E-state index in [0.717, 1.165) is 52.4 Å². The fraction of sp³-hybridized carbons (Fsp3) is 0.545. The number of nitrogens with zero attached hydrogens (tertiary/aromatic N) is 5. The standard InChI is InChI=1S/C22H31N5O2/c1-25(17-22(28)6-9-27(18-22)21-23-7-3-8-24-21)15-19-4-2-5-20(14-19)16-26-10-12-29-13-11-26/h2-5,7-8,14,28H,6,9-13,15-18H2,1H3/t22-/m1/s1. The molecule has 4 rings (SSSR count). The zero-order chi connectivity index (χ0) is 20.1. The van der Waals surface area contributed by atoms with E-state index in [9.17, 15) is 5.11 Å². The Hall–Kier alpha value is -2.06. The van der Waals surface area contributed by atoms with Gasteiger partial charge in [0.05, 0.1) is 25.4 Å². The predicted molar refractivity (Wildman–Crippen MR) is 113 cm³/mol. The fourth-order valence-electron chi connectivity index (χ4n) is 4.32. The van der Waals surface area contributed by atoms with Crippen LogP contribution in [0, 0.1) is 0 Å². The SMILES string of the molecule is CN(Cc1cccc(CN2CCOCC2)c1)C[C@]1(O)CCN(c2ncccn2)C1. The molecular weight excluding hydrogens is 366 g/mol. The third-order valence-corrected chi connectivity index (χ3v) is 5.69. The second-order valence-corrected chi connectivity index (χ2v) is 8.33. The third-order valence-electron chi connectivity index (χ3n) is 5.69. The molecule has 1 N–H and O–H groups in total. The van der Waals surface area contributed by atoms with E-state index < -0.39 is 5.60 Å². The number of morpholine rings is 1. The minimum absolute atomic E-state index is 0.568. The van der Waals surface area contributed by atoms with Gasteiger partial charge in [0.15, 0.2) is 0 Å². The highest BCUT2D eigenvalue weighted by molar-refractivity contribution is 5.32. The molecule has 1 aromatic heterocycles. The summed E-state index contributed by atoms with van der Waals surface area (Å²) in [5.41, 5.74) is 1.88. The number of anilines is 1. The maximum absolute atomic E-state index is 11.1. The van der Waals surface area contributed by atoms with E-state index in [1.165, 1.54) is 11.1 Å². The van der Waals surface area contributed by atoms with Crippen molar-refractivity contribution in [2.45, 2.75) is 25.1 Å². The van der Waals surface area contributed by atoms with Crippen molar-refractivity contribution in [3.8, 4) is 0 Å². The summed E-state index contributed by atoms with van der Waals surface area (Å²) in [5, 5.41) is 11.1. The van der Waals surface area contributed by atoms with E-state index in [0.29, 0.717) is 19.0 Å². The molecule has 156 valence electrons. The number of hydrogen-bond acceptors (Lipinski definition) is 7. The second kappa shape index (κ2) is 9.17. The average molecular weight is 398 g/mol. The number of benzene rings is 1. The molecule has 3 heterocycles. The van der Waals surface area contributed by atoms with Crippen LogP contribution in [0.2, 0.25) is 0 Å². The van der Waals surface area contributed by atoms with E-state index in [1.807, 2.05) is 6.07 Å². The molecule has 2 aliphatic heterocycles. The summed E-state index contributed by atoms with van der Waals surface area (Å²) >= 11 is 0. The minimum Gasteiger partial charge on any atom is -0.387 e. The molecule has 2 aliphatic rings. The van der Waals surface area contributed by atoms with Crippen LogP contribution in [0.3, 0.4) is 0 Å². The highest BCUT2D eigenvalue weighted by Crippen LogP contribution is 2.25. The molecule has 1 atom stereocenters. The summed E-state index contributed by atoms with van der Waals surface area (Å²) < 4.78 is 5.44. The Morgan fingerprint density at radius 2 is 1.86 bits per heavy atom. The van der Waals surface area contributed by atoms with Crippen LogP contribution in [0.25, 0.3) is 0 Å². The van der Waals surface area contributed by atoms with E-state index in [1.54, 1.807) is 12.4 Å². The molecule has 0 spiro atoms. The maximum Gasteiger partial charge on any atom is 0.225 e. The lowest BCUT2D eigenvalue weighted by Crippen LogP contribution is -2.43. The summed E-state index contributed by atoms with van der Waals surface area (Å²) in [6.45, 7) is 7.42. The first-order chi connectivity index (χ1) is 14.1. The number of β-amino-alcohol motifs (C(OH)–C–C–N with tert-alkyl or cyclic N) is 1. The van der Waals surface area contributed by atoms with Crippen LogP contribution >= 0.6 is 0 Å². The Bertz CT molecular complexity index is 784. The molecule has 0 unspecified atom stereocenters. The molecule has 2 fully saturated rings. The van der Waals surface area contributed by atoms with Crippen LogP contribution in [-0.2, 0) is 17.8 Å². The van der Waals surface area contributed by atoms with Gasteiger partial charge in [0, 0.05) is 51.7 Å². The molecular formula is C22H31N5O2. The van der Waals surface area contributed by atoms with Crippen LogP contribution in [0.5, 0.6) is 0 Å². The summed E-state index contributed by atoms with van der Waals surface area (Å²) in [6, 6.07) is 10.6. The van der Waals surface area contributed by atoms with E-state index in [2.05, 4.69) is 56.0 Å². The van der Waals surface area contributed by atoms with Crippen molar-refractivity contribution in [2.24, 2.45) is 0 Å². The maximum atomic E-state index is 11.1. The van der Waals surface area contributed by atoms with Gasteiger partial charge >= 0.3 is 0 Å². The first-order valence-electron chi connectivity index (χ1n) is 10.4. The van der Waals surface area contributed by atoms with E-state index in [-0.39, 0.29) is 0 Å². The number of hydrogen-bond donors (Lipinski definition) is 1. The van der Waals surface area contributed by atoms with Gasteiger partial charge in [-0.25, -0.2) is 9.97 Å². The van der Waals surface area contributed by atoms with Crippen molar-refractivity contribution in [2.75, 3.05) is 57.9 Å². The molecule has 1 aromatic carbocycles.